The molecule has 1 saturated carbocycles. The largest absolute Gasteiger partial charge is 0.348 e. The summed E-state index contributed by atoms with van der Waals surface area (Å²) in [4.78, 5) is 0. The van der Waals surface area contributed by atoms with Crippen LogP contribution >= 0.6 is 0 Å². The number of rotatable bonds is 6. The summed E-state index contributed by atoms with van der Waals surface area (Å²) in [5.74, 6) is 0.327. The zero-order valence-corrected chi connectivity index (χ0v) is 12.2. The Morgan fingerprint density at radius 3 is 2.26 bits per heavy atom. The van der Waals surface area contributed by atoms with E-state index in [1.807, 2.05) is 0 Å². The maximum absolute atomic E-state index is 10.6. The number of ether oxygens (including phenoxy) is 2. The Kier molecular flexibility index (Phi) is 5.22. The van der Waals surface area contributed by atoms with Gasteiger partial charge in [0.15, 0.2) is 5.79 Å². The van der Waals surface area contributed by atoms with Crippen LogP contribution in [0.15, 0.2) is 0 Å². The molecule has 0 aromatic rings. The first kappa shape index (κ1) is 15.2. The Balaban J connectivity index is 1.56. The molecule has 2 rings (SSSR count). The lowest BCUT2D eigenvalue weighted by Crippen LogP contribution is -2.35. The van der Waals surface area contributed by atoms with E-state index in [4.69, 9.17) is 14.0 Å². The summed E-state index contributed by atoms with van der Waals surface area (Å²) in [6, 6.07) is 0. The Hall–Kier alpha value is -0.170. The topological polar surface area (TPSA) is 72.8 Å². The van der Waals surface area contributed by atoms with Crippen LogP contribution in [0.1, 0.15) is 51.4 Å². The van der Waals surface area contributed by atoms with Crippen LogP contribution < -0.4 is 0 Å². The van der Waals surface area contributed by atoms with Gasteiger partial charge in [0.25, 0.3) is 10.1 Å². The third kappa shape index (κ3) is 5.02. The first-order valence-electron chi connectivity index (χ1n) is 7.22. The second kappa shape index (κ2) is 6.52. The van der Waals surface area contributed by atoms with Crippen LogP contribution in [0.5, 0.6) is 0 Å². The first-order chi connectivity index (χ1) is 8.99. The van der Waals surface area contributed by atoms with Crippen molar-refractivity contribution in [1.29, 1.82) is 0 Å². The average molecular weight is 292 g/mol. The molecular weight excluding hydrogens is 268 g/mol. The second-order valence-electron chi connectivity index (χ2n) is 5.69. The van der Waals surface area contributed by atoms with E-state index in [-0.39, 0.29) is 11.5 Å². The maximum atomic E-state index is 10.6. The lowest BCUT2D eigenvalue weighted by molar-refractivity contribution is -0.182. The predicted molar refractivity (Wildman–Crippen MR) is 71.5 cm³/mol. The highest BCUT2D eigenvalue weighted by Gasteiger charge is 2.39. The van der Waals surface area contributed by atoms with Crippen molar-refractivity contribution in [2.24, 2.45) is 5.92 Å². The molecule has 0 aromatic carbocycles. The fourth-order valence-electron chi connectivity index (χ4n) is 3.09. The van der Waals surface area contributed by atoms with Crippen molar-refractivity contribution >= 4 is 10.1 Å². The molecule has 1 aliphatic heterocycles. The molecule has 1 spiro atoms. The van der Waals surface area contributed by atoms with Crippen LogP contribution in [-0.2, 0) is 19.6 Å². The standard InChI is InChI=1S/C13H24O5S/c14-19(15,16)11-3-1-2-4-12-5-7-13(8-6-12)17-9-10-18-13/h12H,1-11H2,(H,14,15,16). The van der Waals surface area contributed by atoms with Gasteiger partial charge in [0.1, 0.15) is 0 Å². The van der Waals surface area contributed by atoms with Crippen LogP contribution in [0, 0.1) is 5.92 Å². The molecule has 1 heterocycles. The van der Waals surface area contributed by atoms with Gasteiger partial charge in [0, 0.05) is 12.8 Å². The molecule has 1 N–H and O–H groups in total. The number of hydrogen-bond donors (Lipinski definition) is 1. The monoisotopic (exact) mass is 292 g/mol. The third-order valence-corrected chi connectivity index (χ3v) is 5.00. The van der Waals surface area contributed by atoms with E-state index in [9.17, 15) is 8.42 Å². The lowest BCUT2D eigenvalue weighted by Gasteiger charge is -2.35. The Morgan fingerprint density at radius 2 is 1.68 bits per heavy atom. The average Bonchev–Trinajstić information content (AvgIpc) is 2.79. The van der Waals surface area contributed by atoms with E-state index < -0.39 is 10.1 Å². The van der Waals surface area contributed by atoms with Crippen molar-refractivity contribution in [2.45, 2.75) is 57.2 Å². The molecule has 19 heavy (non-hydrogen) atoms. The summed E-state index contributed by atoms with van der Waals surface area (Å²) in [5.41, 5.74) is 0. The fourth-order valence-corrected chi connectivity index (χ4v) is 3.65. The molecule has 1 saturated heterocycles. The van der Waals surface area contributed by atoms with Gasteiger partial charge in [-0.3, -0.25) is 4.55 Å². The molecule has 0 unspecified atom stereocenters. The molecule has 2 aliphatic rings. The molecular formula is C13H24O5S. The van der Waals surface area contributed by atoms with Crippen LogP contribution in [0.2, 0.25) is 0 Å². The maximum Gasteiger partial charge on any atom is 0.264 e. The van der Waals surface area contributed by atoms with Gasteiger partial charge in [-0.05, 0) is 25.2 Å². The highest BCUT2D eigenvalue weighted by Crippen LogP contribution is 2.39. The highest BCUT2D eigenvalue weighted by atomic mass is 32.2. The smallest absolute Gasteiger partial charge is 0.264 e. The predicted octanol–water partition coefficient (Wildman–Crippen LogP) is 2.37. The molecule has 6 heteroatoms. The summed E-state index contributed by atoms with van der Waals surface area (Å²) < 4.78 is 41.1. The van der Waals surface area contributed by atoms with Gasteiger partial charge in [0.2, 0.25) is 0 Å². The van der Waals surface area contributed by atoms with Crippen molar-refractivity contribution in [1.82, 2.24) is 0 Å². The minimum atomic E-state index is -3.78. The number of hydrogen-bond acceptors (Lipinski definition) is 4. The lowest BCUT2D eigenvalue weighted by atomic mass is 9.82. The molecule has 0 radical (unpaired) electrons. The molecule has 1 aliphatic carbocycles. The van der Waals surface area contributed by atoms with Gasteiger partial charge >= 0.3 is 0 Å². The van der Waals surface area contributed by atoms with E-state index >= 15 is 0 Å². The quantitative estimate of drug-likeness (QED) is 0.601. The van der Waals surface area contributed by atoms with Gasteiger partial charge in [-0.25, -0.2) is 0 Å². The minimum absolute atomic E-state index is 0.109. The van der Waals surface area contributed by atoms with Crippen LogP contribution in [-0.4, -0.2) is 37.7 Å². The van der Waals surface area contributed by atoms with Gasteiger partial charge in [-0.1, -0.05) is 19.3 Å². The fraction of sp³-hybridized carbons (Fsp3) is 1.00. The van der Waals surface area contributed by atoms with Crippen LogP contribution in [0.3, 0.4) is 0 Å². The zero-order chi connectivity index (χ0) is 13.8. The van der Waals surface area contributed by atoms with Gasteiger partial charge in [-0.2, -0.15) is 8.42 Å². The molecule has 0 aromatic heterocycles. The van der Waals surface area contributed by atoms with Gasteiger partial charge in [-0.15, -0.1) is 0 Å². The van der Waals surface area contributed by atoms with E-state index in [1.54, 1.807) is 0 Å². The molecule has 5 nitrogen and oxygen atoms in total. The van der Waals surface area contributed by atoms with E-state index in [0.717, 1.165) is 58.2 Å². The van der Waals surface area contributed by atoms with E-state index in [1.165, 1.54) is 0 Å². The molecule has 2 fully saturated rings. The van der Waals surface area contributed by atoms with Crippen LogP contribution in [0.4, 0.5) is 0 Å². The molecule has 0 bridgehead atoms. The zero-order valence-electron chi connectivity index (χ0n) is 11.3. The van der Waals surface area contributed by atoms with Crippen molar-refractivity contribution in [2.75, 3.05) is 19.0 Å². The molecule has 112 valence electrons. The van der Waals surface area contributed by atoms with Gasteiger partial charge in [0.05, 0.1) is 19.0 Å². The van der Waals surface area contributed by atoms with Crippen molar-refractivity contribution < 1.29 is 22.4 Å². The normalized spacial score (nSPS) is 24.1. The highest BCUT2D eigenvalue weighted by molar-refractivity contribution is 7.85. The SMILES string of the molecule is O=S(=O)(O)CCCCCC1CCC2(CC1)OCCO2. The van der Waals surface area contributed by atoms with Gasteiger partial charge < -0.3 is 9.47 Å². The van der Waals surface area contributed by atoms with E-state index in [0.29, 0.717) is 12.3 Å². The Morgan fingerprint density at radius 1 is 1.05 bits per heavy atom. The van der Waals surface area contributed by atoms with E-state index in [2.05, 4.69) is 0 Å². The molecule has 0 amide bonds. The molecule has 0 atom stereocenters. The van der Waals surface area contributed by atoms with Crippen molar-refractivity contribution in [3.63, 3.8) is 0 Å². The Bertz CT molecular complexity index is 362. The van der Waals surface area contributed by atoms with Crippen molar-refractivity contribution in [3.05, 3.63) is 0 Å². The third-order valence-electron chi connectivity index (χ3n) is 4.20. The summed E-state index contributed by atoms with van der Waals surface area (Å²) in [5, 5.41) is 0. The first-order valence-corrected chi connectivity index (χ1v) is 8.83. The summed E-state index contributed by atoms with van der Waals surface area (Å²) >= 11 is 0. The number of unbranched alkanes of at least 4 members (excludes halogenated alkanes) is 2. The summed E-state index contributed by atoms with van der Waals surface area (Å²) in [6.07, 6.45) is 7.86. The van der Waals surface area contributed by atoms with Crippen LogP contribution in [0.25, 0.3) is 0 Å². The summed E-state index contributed by atoms with van der Waals surface area (Å²) in [7, 11) is -3.78. The Labute approximate surface area is 115 Å². The van der Waals surface area contributed by atoms with Crippen molar-refractivity contribution in [3.8, 4) is 0 Å². The second-order valence-corrected chi connectivity index (χ2v) is 7.26. The minimum Gasteiger partial charge on any atom is -0.348 e. The summed E-state index contributed by atoms with van der Waals surface area (Å²) in [6.45, 7) is 1.45.